The number of benzene rings is 2. The fourth-order valence-electron chi connectivity index (χ4n) is 3.63. The number of alkyl halides is 3. The summed E-state index contributed by atoms with van der Waals surface area (Å²) in [6, 6.07) is 11.2. The smallest absolute Gasteiger partial charge is 0.416 e. The Labute approximate surface area is 200 Å². The molecule has 0 saturated carbocycles. The number of amides is 2. The Bertz CT molecular complexity index is 1040. The number of nitrogens with one attached hydrogen (secondary N) is 2. The monoisotopic (exact) mass is 493 g/mol. The lowest BCUT2D eigenvalue weighted by Gasteiger charge is -2.31. The number of morpholine rings is 1. The van der Waals surface area contributed by atoms with E-state index in [9.17, 15) is 27.6 Å². The molecule has 1 aliphatic rings. The van der Waals surface area contributed by atoms with Crippen molar-refractivity contribution in [3.63, 3.8) is 0 Å². The molecule has 8 nitrogen and oxygen atoms in total. The van der Waals surface area contributed by atoms with Gasteiger partial charge in [-0.15, -0.1) is 0 Å². The zero-order valence-corrected chi connectivity index (χ0v) is 19.1. The fraction of sp³-hybridized carbons (Fsp3) is 0.375. The summed E-state index contributed by atoms with van der Waals surface area (Å²) < 4.78 is 50.0. The van der Waals surface area contributed by atoms with E-state index in [0.29, 0.717) is 37.6 Å². The molecule has 1 heterocycles. The van der Waals surface area contributed by atoms with E-state index in [4.69, 9.17) is 9.47 Å². The van der Waals surface area contributed by atoms with Crippen LogP contribution in [0.5, 0.6) is 0 Å². The molecule has 2 N–H and O–H groups in total. The second-order valence-corrected chi connectivity index (χ2v) is 7.91. The SMILES string of the molecule is CC(=O)N[C@@H](CC(=O)OCC(=O)Nc1cc(C(F)(F)F)ccc1N1CCOCC1)c1ccccc1. The van der Waals surface area contributed by atoms with E-state index in [2.05, 4.69) is 10.6 Å². The lowest BCUT2D eigenvalue weighted by Crippen LogP contribution is -2.37. The van der Waals surface area contributed by atoms with Crippen molar-refractivity contribution in [1.29, 1.82) is 0 Å². The summed E-state index contributed by atoms with van der Waals surface area (Å²) in [7, 11) is 0. The maximum atomic E-state index is 13.2. The summed E-state index contributed by atoms with van der Waals surface area (Å²) in [6.07, 6.45) is -4.81. The van der Waals surface area contributed by atoms with Crippen LogP contribution in [0, 0.1) is 0 Å². The standard InChI is InChI=1S/C24H26F3N3O5/c1-16(31)28-19(17-5-3-2-4-6-17)14-23(33)35-15-22(32)29-20-13-18(24(25,26)27)7-8-21(20)30-9-11-34-12-10-30/h2-8,13,19H,9-12,14-15H2,1H3,(H,28,31)(H,29,32)/t19-/m0/s1. The van der Waals surface area contributed by atoms with Gasteiger partial charge in [-0.3, -0.25) is 14.4 Å². The van der Waals surface area contributed by atoms with Crippen molar-refractivity contribution in [3.8, 4) is 0 Å². The molecule has 0 unspecified atom stereocenters. The minimum absolute atomic E-state index is 0.0387. The first-order chi connectivity index (χ1) is 16.6. The molecule has 3 rings (SSSR count). The number of carbonyl (C=O) groups excluding carboxylic acids is 3. The third-order valence-electron chi connectivity index (χ3n) is 5.26. The first-order valence-electron chi connectivity index (χ1n) is 10.9. The van der Waals surface area contributed by atoms with Crippen LogP contribution in [0.3, 0.4) is 0 Å². The predicted molar refractivity (Wildman–Crippen MR) is 122 cm³/mol. The van der Waals surface area contributed by atoms with E-state index < -0.39 is 36.3 Å². The Hall–Kier alpha value is -3.60. The summed E-state index contributed by atoms with van der Waals surface area (Å²) in [4.78, 5) is 38.1. The highest BCUT2D eigenvalue weighted by molar-refractivity contribution is 5.96. The lowest BCUT2D eigenvalue weighted by atomic mass is 10.0. The van der Waals surface area contributed by atoms with Crippen LogP contribution < -0.4 is 15.5 Å². The minimum atomic E-state index is -4.59. The Kier molecular flexibility index (Phi) is 8.69. The minimum Gasteiger partial charge on any atom is -0.455 e. The van der Waals surface area contributed by atoms with Gasteiger partial charge in [0.05, 0.1) is 42.6 Å². The summed E-state index contributed by atoms with van der Waals surface area (Å²) in [6.45, 7) is 2.33. The maximum Gasteiger partial charge on any atom is 0.416 e. The first-order valence-corrected chi connectivity index (χ1v) is 10.9. The van der Waals surface area contributed by atoms with Crippen molar-refractivity contribution in [1.82, 2.24) is 5.32 Å². The van der Waals surface area contributed by atoms with Gasteiger partial charge in [0.25, 0.3) is 5.91 Å². The Balaban J connectivity index is 1.65. The van der Waals surface area contributed by atoms with Crippen LogP contribution in [-0.2, 0) is 30.0 Å². The van der Waals surface area contributed by atoms with Crippen LogP contribution in [0.2, 0.25) is 0 Å². The number of nitrogens with zero attached hydrogens (tertiary/aromatic N) is 1. The molecule has 0 aliphatic carbocycles. The third kappa shape index (κ3) is 7.71. The number of anilines is 2. The summed E-state index contributed by atoms with van der Waals surface area (Å²) >= 11 is 0. The summed E-state index contributed by atoms with van der Waals surface area (Å²) in [5.74, 6) is -1.88. The van der Waals surface area contributed by atoms with Crippen molar-refractivity contribution >= 4 is 29.2 Å². The molecule has 35 heavy (non-hydrogen) atoms. The number of hydrogen-bond donors (Lipinski definition) is 2. The molecular weight excluding hydrogens is 467 g/mol. The number of rotatable bonds is 8. The number of halogens is 3. The van der Waals surface area contributed by atoms with Gasteiger partial charge in [0.1, 0.15) is 0 Å². The largest absolute Gasteiger partial charge is 0.455 e. The molecule has 2 amide bonds. The highest BCUT2D eigenvalue weighted by Crippen LogP contribution is 2.35. The third-order valence-corrected chi connectivity index (χ3v) is 5.26. The van der Waals surface area contributed by atoms with Gasteiger partial charge in [-0.25, -0.2) is 0 Å². The number of hydrogen-bond acceptors (Lipinski definition) is 6. The topological polar surface area (TPSA) is 97.0 Å². The van der Waals surface area contributed by atoms with E-state index in [1.54, 1.807) is 30.3 Å². The Morgan fingerprint density at radius 3 is 2.40 bits per heavy atom. The Morgan fingerprint density at radius 1 is 1.09 bits per heavy atom. The van der Waals surface area contributed by atoms with Crippen LogP contribution in [-0.4, -0.2) is 50.7 Å². The maximum absolute atomic E-state index is 13.2. The van der Waals surface area contributed by atoms with Crippen LogP contribution in [0.15, 0.2) is 48.5 Å². The van der Waals surface area contributed by atoms with Crippen LogP contribution in [0.4, 0.5) is 24.5 Å². The quantitative estimate of drug-likeness (QED) is 0.548. The molecule has 1 fully saturated rings. The van der Waals surface area contributed by atoms with Crippen LogP contribution in [0.1, 0.15) is 30.5 Å². The molecular formula is C24H26F3N3O5. The number of carbonyl (C=O) groups is 3. The van der Waals surface area contributed by atoms with E-state index >= 15 is 0 Å². The zero-order valence-electron chi connectivity index (χ0n) is 19.1. The molecule has 2 aromatic carbocycles. The van der Waals surface area contributed by atoms with Crippen LogP contribution >= 0.6 is 0 Å². The second-order valence-electron chi connectivity index (χ2n) is 7.91. The highest BCUT2D eigenvalue weighted by Gasteiger charge is 2.32. The van der Waals surface area contributed by atoms with Gasteiger partial charge in [0.2, 0.25) is 5.91 Å². The molecule has 0 bridgehead atoms. The highest BCUT2D eigenvalue weighted by atomic mass is 19.4. The van der Waals surface area contributed by atoms with Crippen molar-refractivity contribution in [2.75, 3.05) is 43.1 Å². The molecule has 1 atom stereocenters. The lowest BCUT2D eigenvalue weighted by molar-refractivity contribution is -0.148. The van der Waals surface area contributed by atoms with E-state index in [-0.39, 0.29) is 18.0 Å². The zero-order chi connectivity index (χ0) is 25.4. The second kappa shape index (κ2) is 11.7. The van der Waals surface area contributed by atoms with Crippen LogP contribution in [0.25, 0.3) is 0 Å². The van der Waals surface area contributed by atoms with Crippen molar-refractivity contribution in [2.24, 2.45) is 0 Å². The molecule has 0 aromatic heterocycles. The van der Waals surface area contributed by atoms with Crippen molar-refractivity contribution < 1.29 is 37.0 Å². The average Bonchev–Trinajstić information content (AvgIpc) is 2.82. The van der Waals surface area contributed by atoms with Gasteiger partial charge < -0.3 is 25.0 Å². The van der Waals surface area contributed by atoms with Gasteiger partial charge in [-0.2, -0.15) is 13.2 Å². The normalized spacial score (nSPS) is 14.7. The fourth-order valence-corrected chi connectivity index (χ4v) is 3.63. The van der Waals surface area contributed by atoms with Gasteiger partial charge in [0, 0.05) is 20.0 Å². The molecule has 11 heteroatoms. The molecule has 0 spiro atoms. The molecule has 1 saturated heterocycles. The first kappa shape index (κ1) is 26.0. The number of esters is 1. The van der Waals surface area contributed by atoms with Gasteiger partial charge >= 0.3 is 12.1 Å². The summed E-state index contributed by atoms with van der Waals surface area (Å²) in [5, 5.41) is 5.08. The van der Waals surface area contributed by atoms with Gasteiger partial charge in [-0.05, 0) is 23.8 Å². The summed E-state index contributed by atoms with van der Waals surface area (Å²) in [5.41, 5.74) is 0.144. The number of ether oxygens (including phenoxy) is 2. The molecule has 1 aliphatic heterocycles. The van der Waals surface area contributed by atoms with E-state index in [1.165, 1.54) is 13.0 Å². The predicted octanol–water partition coefficient (Wildman–Crippen LogP) is 3.29. The molecule has 2 aromatic rings. The Morgan fingerprint density at radius 2 is 1.77 bits per heavy atom. The molecule has 188 valence electrons. The molecule has 0 radical (unpaired) electrons. The average molecular weight is 493 g/mol. The van der Waals surface area contributed by atoms with Crippen molar-refractivity contribution in [3.05, 3.63) is 59.7 Å². The van der Waals surface area contributed by atoms with Crippen molar-refractivity contribution in [2.45, 2.75) is 25.6 Å². The van der Waals surface area contributed by atoms with Gasteiger partial charge in [-0.1, -0.05) is 30.3 Å². The van der Waals surface area contributed by atoms with E-state index in [1.807, 2.05) is 4.90 Å². The van der Waals surface area contributed by atoms with E-state index in [0.717, 1.165) is 12.1 Å². The van der Waals surface area contributed by atoms with Gasteiger partial charge in [0.15, 0.2) is 6.61 Å².